The van der Waals surface area contributed by atoms with Crippen molar-refractivity contribution in [2.24, 2.45) is 0 Å². The molecule has 0 aliphatic heterocycles. The van der Waals surface area contributed by atoms with Crippen LogP contribution in [0, 0.1) is 13.8 Å². The second kappa shape index (κ2) is 12.2. The molecule has 0 N–H and O–H groups in total. The van der Waals surface area contributed by atoms with Gasteiger partial charge in [0.15, 0.2) is 0 Å². The first-order valence-electron chi connectivity index (χ1n) is 11.5. The largest absolute Gasteiger partial charge is 0.264 e. The lowest BCUT2D eigenvalue weighted by Gasteiger charge is -2.13. The van der Waals surface area contributed by atoms with E-state index in [1.807, 2.05) is 18.5 Å². The van der Waals surface area contributed by atoms with E-state index in [4.69, 9.17) is 0 Å². The molecule has 0 unspecified atom stereocenters. The first kappa shape index (κ1) is 24.6. The minimum absolute atomic E-state index is 1.03. The average molecular weight is 414 g/mol. The summed E-state index contributed by atoms with van der Waals surface area (Å²) in [6.07, 6.45) is 13.6. The van der Waals surface area contributed by atoms with Crippen molar-refractivity contribution in [2.75, 3.05) is 0 Å². The van der Waals surface area contributed by atoms with E-state index in [1.54, 1.807) is 0 Å². The number of allylic oxidation sites excluding steroid dienone is 5. The molecule has 0 bridgehead atoms. The Kier molecular flexibility index (Phi) is 9.72. The zero-order valence-corrected chi connectivity index (χ0v) is 20.1. The topological polar surface area (TPSA) is 12.9 Å². The first-order chi connectivity index (χ1) is 14.8. The van der Waals surface area contributed by atoms with Crippen LogP contribution in [0.3, 0.4) is 0 Å². The summed E-state index contributed by atoms with van der Waals surface area (Å²) in [7, 11) is 0. The van der Waals surface area contributed by atoms with Gasteiger partial charge >= 0.3 is 0 Å². The number of unbranched alkanes of at least 4 members (excludes halogenated alkanes) is 2. The summed E-state index contributed by atoms with van der Waals surface area (Å²) in [4.78, 5) is 4.24. The van der Waals surface area contributed by atoms with Crippen molar-refractivity contribution in [3.05, 3.63) is 101 Å². The summed E-state index contributed by atoms with van der Waals surface area (Å²) >= 11 is 0. The highest BCUT2D eigenvalue weighted by molar-refractivity contribution is 5.70. The third-order valence-corrected chi connectivity index (χ3v) is 6.18. The maximum absolute atomic E-state index is 4.27. The molecule has 2 aromatic rings. The Balaban J connectivity index is 1.93. The van der Waals surface area contributed by atoms with Crippen LogP contribution in [0.5, 0.6) is 0 Å². The van der Waals surface area contributed by atoms with E-state index in [1.165, 1.54) is 63.0 Å². The molecule has 1 nitrogen and oxygen atoms in total. The van der Waals surface area contributed by atoms with Gasteiger partial charge in [-0.15, -0.1) is 6.58 Å². The van der Waals surface area contributed by atoms with Crippen molar-refractivity contribution in [3.8, 4) is 0 Å². The van der Waals surface area contributed by atoms with Crippen LogP contribution in [0.2, 0.25) is 0 Å². The number of aromatic nitrogens is 1. The fourth-order valence-corrected chi connectivity index (χ4v) is 3.95. The number of pyridine rings is 1. The molecule has 1 aromatic carbocycles. The van der Waals surface area contributed by atoms with Gasteiger partial charge in [-0.1, -0.05) is 49.4 Å². The molecule has 0 amide bonds. The van der Waals surface area contributed by atoms with Crippen LogP contribution < -0.4 is 0 Å². The van der Waals surface area contributed by atoms with Crippen molar-refractivity contribution in [1.82, 2.24) is 4.98 Å². The quantitative estimate of drug-likeness (QED) is 0.192. The van der Waals surface area contributed by atoms with E-state index in [2.05, 4.69) is 76.7 Å². The number of rotatable bonds is 12. The zero-order chi connectivity index (χ0) is 22.8. The number of nitrogens with zero attached hydrogens (tertiary/aromatic N) is 1. The van der Waals surface area contributed by atoms with E-state index in [-0.39, 0.29) is 0 Å². The number of benzene rings is 1. The van der Waals surface area contributed by atoms with Crippen LogP contribution in [0.15, 0.2) is 73.6 Å². The Hall–Kier alpha value is -2.67. The Morgan fingerprint density at radius 3 is 2.35 bits per heavy atom. The Bertz CT molecular complexity index is 958. The smallest absolute Gasteiger partial charge is 0.0345 e. The minimum Gasteiger partial charge on any atom is -0.264 e. The van der Waals surface area contributed by atoms with Crippen LogP contribution in [-0.4, -0.2) is 4.98 Å². The van der Waals surface area contributed by atoms with E-state index in [9.17, 15) is 0 Å². The molecule has 1 aromatic heterocycles. The molecule has 0 aliphatic carbocycles. The number of hydrogen-bond acceptors (Lipinski definition) is 1. The zero-order valence-electron chi connectivity index (χ0n) is 20.1. The molecule has 2 rings (SSSR count). The monoisotopic (exact) mass is 413 g/mol. The standard InChI is InChI=1S/C30H39N/c1-8-27(13-11-9-10-12-24(5)30-21-31-19-18-25(30)6)26(7)29-17-15-23(4)28(20-29)16-14-22(2)3/h8,15,17-21H,1-2,5,9-14,16H2,3-4,6-7H3/b27-26-. The van der Waals surface area contributed by atoms with Gasteiger partial charge in [0.1, 0.15) is 0 Å². The molecule has 1 heterocycles. The van der Waals surface area contributed by atoms with Crippen molar-refractivity contribution >= 4 is 11.1 Å². The third-order valence-electron chi connectivity index (χ3n) is 6.18. The van der Waals surface area contributed by atoms with E-state index >= 15 is 0 Å². The average Bonchev–Trinajstić information content (AvgIpc) is 2.75. The summed E-state index contributed by atoms with van der Waals surface area (Å²) in [5.74, 6) is 0. The lowest BCUT2D eigenvalue weighted by molar-refractivity contribution is 0.693. The van der Waals surface area contributed by atoms with Gasteiger partial charge in [-0.05, 0) is 117 Å². The summed E-state index contributed by atoms with van der Waals surface area (Å²) in [5, 5.41) is 0. The van der Waals surface area contributed by atoms with Gasteiger partial charge in [0.2, 0.25) is 0 Å². The lowest BCUT2D eigenvalue weighted by atomic mass is 9.92. The van der Waals surface area contributed by atoms with Crippen molar-refractivity contribution in [2.45, 2.75) is 72.6 Å². The molecule has 0 aliphatic rings. The molecule has 0 fully saturated rings. The van der Waals surface area contributed by atoms with Crippen molar-refractivity contribution in [3.63, 3.8) is 0 Å². The second-order valence-corrected chi connectivity index (χ2v) is 8.81. The van der Waals surface area contributed by atoms with Gasteiger partial charge in [0, 0.05) is 12.4 Å². The summed E-state index contributed by atoms with van der Waals surface area (Å²) in [6, 6.07) is 8.91. The van der Waals surface area contributed by atoms with Crippen molar-refractivity contribution < 1.29 is 0 Å². The summed E-state index contributed by atoms with van der Waals surface area (Å²) in [6.45, 7) is 21.1. The highest BCUT2D eigenvalue weighted by Gasteiger charge is 2.07. The van der Waals surface area contributed by atoms with Gasteiger partial charge in [0.05, 0.1) is 0 Å². The van der Waals surface area contributed by atoms with Gasteiger partial charge in [0.25, 0.3) is 0 Å². The van der Waals surface area contributed by atoms with Gasteiger partial charge < -0.3 is 0 Å². The normalized spacial score (nSPS) is 11.7. The minimum atomic E-state index is 1.03. The maximum atomic E-state index is 4.27. The predicted molar refractivity (Wildman–Crippen MR) is 138 cm³/mol. The molecule has 0 spiro atoms. The highest BCUT2D eigenvalue weighted by Crippen LogP contribution is 2.27. The molecule has 0 saturated carbocycles. The first-order valence-corrected chi connectivity index (χ1v) is 11.5. The molecule has 31 heavy (non-hydrogen) atoms. The van der Waals surface area contributed by atoms with Crippen molar-refractivity contribution in [1.29, 1.82) is 0 Å². The predicted octanol–water partition coefficient (Wildman–Crippen LogP) is 8.83. The van der Waals surface area contributed by atoms with Crippen LogP contribution in [0.4, 0.5) is 0 Å². The van der Waals surface area contributed by atoms with Crippen LogP contribution in [0.1, 0.15) is 80.2 Å². The Morgan fingerprint density at radius 1 is 0.935 bits per heavy atom. The molecule has 0 saturated heterocycles. The lowest BCUT2D eigenvalue weighted by Crippen LogP contribution is -1.95. The van der Waals surface area contributed by atoms with E-state index in [0.29, 0.717) is 0 Å². The van der Waals surface area contributed by atoms with Crippen LogP contribution >= 0.6 is 0 Å². The number of aryl methyl sites for hydroxylation is 3. The Morgan fingerprint density at radius 2 is 1.68 bits per heavy atom. The summed E-state index contributed by atoms with van der Waals surface area (Å²) in [5.41, 5.74) is 11.7. The van der Waals surface area contributed by atoms with Crippen LogP contribution in [-0.2, 0) is 6.42 Å². The Labute approximate surface area is 190 Å². The molecule has 0 radical (unpaired) electrons. The summed E-state index contributed by atoms with van der Waals surface area (Å²) < 4.78 is 0. The van der Waals surface area contributed by atoms with Gasteiger partial charge in [-0.3, -0.25) is 4.98 Å². The maximum Gasteiger partial charge on any atom is 0.0345 e. The van der Waals surface area contributed by atoms with E-state index < -0.39 is 0 Å². The second-order valence-electron chi connectivity index (χ2n) is 8.81. The number of hydrogen-bond donors (Lipinski definition) is 0. The fourth-order valence-electron chi connectivity index (χ4n) is 3.95. The third kappa shape index (κ3) is 7.51. The van der Waals surface area contributed by atoms with Gasteiger partial charge in [-0.2, -0.15) is 0 Å². The highest BCUT2D eigenvalue weighted by atomic mass is 14.6. The fraction of sp³-hybridized carbons (Fsp3) is 0.367. The molecular formula is C30H39N. The van der Waals surface area contributed by atoms with Crippen LogP contribution in [0.25, 0.3) is 11.1 Å². The van der Waals surface area contributed by atoms with Gasteiger partial charge in [-0.25, -0.2) is 0 Å². The molecule has 164 valence electrons. The molecule has 1 heteroatoms. The molecular weight excluding hydrogens is 374 g/mol. The SMILES string of the molecule is C=C/C(CCCCCC(=C)c1cnccc1C)=C(\C)c1ccc(C)c(CCC(=C)C)c1. The molecule has 0 atom stereocenters. The van der Waals surface area contributed by atoms with E-state index in [0.717, 1.165) is 32.1 Å².